The summed E-state index contributed by atoms with van der Waals surface area (Å²) in [5.41, 5.74) is 2.28. The topological polar surface area (TPSA) is 46.5 Å². The van der Waals surface area contributed by atoms with Crippen LogP contribution in [0.25, 0.3) is 0 Å². The van der Waals surface area contributed by atoms with Crippen molar-refractivity contribution in [1.29, 1.82) is 0 Å². The first-order valence-electron chi connectivity index (χ1n) is 17.9. The summed E-state index contributed by atoms with van der Waals surface area (Å²) >= 11 is 0. The van der Waals surface area contributed by atoms with Crippen molar-refractivity contribution in [1.82, 2.24) is 0 Å². The van der Waals surface area contributed by atoms with E-state index < -0.39 is 0 Å². The van der Waals surface area contributed by atoms with Crippen LogP contribution in [0.2, 0.25) is 0 Å². The van der Waals surface area contributed by atoms with E-state index >= 15 is 0 Å². The molecule has 3 nitrogen and oxygen atoms in total. The third kappa shape index (κ3) is 16.4. The number of benzene rings is 1. The number of phenols is 1. The van der Waals surface area contributed by atoms with Gasteiger partial charge < -0.3 is 9.84 Å². The highest BCUT2D eigenvalue weighted by molar-refractivity contribution is 5.78. The second-order valence-electron chi connectivity index (χ2n) is 15.1. The van der Waals surface area contributed by atoms with Crippen molar-refractivity contribution in [3.63, 3.8) is 0 Å². The Hall–Kier alpha value is -1.51. The number of hydrogen-bond donors (Lipinski definition) is 1. The quantitative estimate of drug-likeness (QED) is 0.102. The number of carbonyl (C=O) groups excluding carboxylic acids is 1. The Balaban J connectivity index is 2.11. The van der Waals surface area contributed by atoms with Gasteiger partial charge in [-0.05, 0) is 40.9 Å². The molecule has 3 heteroatoms. The molecular weight excluding hydrogens is 516 g/mol. The number of ether oxygens (including phenoxy) is 1. The molecule has 0 heterocycles. The first-order valence-corrected chi connectivity index (χ1v) is 17.9. The van der Waals surface area contributed by atoms with Crippen LogP contribution in [0.4, 0.5) is 0 Å². The van der Waals surface area contributed by atoms with Crippen LogP contribution in [0.5, 0.6) is 5.75 Å². The fourth-order valence-electron chi connectivity index (χ4n) is 5.84. The average Bonchev–Trinajstić information content (AvgIpc) is 2.92. The van der Waals surface area contributed by atoms with E-state index in [1.54, 1.807) is 0 Å². The first-order chi connectivity index (χ1) is 19.9. The third-order valence-electron chi connectivity index (χ3n) is 8.84. The molecule has 0 fully saturated rings. The van der Waals surface area contributed by atoms with Crippen molar-refractivity contribution >= 4 is 5.97 Å². The molecule has 0 saturated heterocycles. The van der Waals surface area contributed by atoms with Crippen molar-refractivity contribution in [2.75, 3.05) is 6.61 Å². The highest BCUT2D eigenvalue weighted by Gasteiger charge is 2.29. The molecule has 0 aliphatic heterocycles. The summed E-state index contributed by atoms with van der Waals surface area (Å²) in [4.78, 5) is 12.9. The Bertz CT molecular complexity index is 807. The zero-order valence-corrected chi connectivity index (χ0v) is 29.3. The van der Waals surface area contributed by atoms with Gasteiger partial charge in [-0.2, -0.15) is 0 Å². The number of hydrogen-bond acceptors (Lipinski definition) is 3. The summed E-state index contributed by atoms with van der Waals surface area (Å²) in [6.45, 7) is 17.3. The molecule has 1 atom stereocenters. The average molecular weight is 587 g/mol. The van der Waals surface area contributed by atoms with E-state index in [0.717, 1.165) is 29.5 Å². The van der Waals surface area contributed by atoms with Gasteiger partial charge in [0.15, 0.2) is 0 Å². The largest absolute Gasteiger partial charge is 0.507 e. The van der Waals surface area contributed by atoms with Gasteiger partial charge in [0.1, 0.15) is 5.75 Å². The SMILES string of the molecule is CCCCCCCCCCCCCCCCCCCCCCOC(=O)C(C)c1cc(C(C)(C)C)c(O)c(C(C)(C)C)c1. The van der Waals surface area contributed by atoms with E-state index in [0.29, 0.717) is 12.4 Å². The zero-order chi connectivity index (χ0) is 31.4. The number of carbonyl (C=O) groups is 1. The van der Waals surface area contributed by atoms with Crippen LogP contribution in [0, 0.1) is 0 Å². The summed E-state index contributed by atoms with van der Waals surface area (Å²) < 4.78 is 5.68. The highest BCUT2D eigenvalue weighted by atomic mass is 16.5. The van der Waals surface area contributed by atoms with Gasteiger partial charge in [-0.25, -0.2) is 0 Å². The minimum absolute atomic E-state index is 0.168. The molecule has 1 aromatic carbocycles. The molecule has 0 aliphatic carbocycles. The molecule has 0 radical (unpaired) electrons. The van der Waals surface area contributed by atoms with Gasteiger partial charge in [0.2, 0.25) is 0 Å². The number of esters is 1. The molecule has 1 unspecified atom stereocenters. The lowest BCUT2D eigenvalue weighted by molar-refractivity contribution is -0.145. The van der Waals surface area contributed by atoms with Crippen LogP contribution in [-0.2, 0) is 20.4 Å². The van der Waals surface area contributed by atoms with Gasteiger partial charge in [0, 0.05) is 0 Å². The van der Waals surface area contributed by atoms with Crippen LogP contribution in [-0.4, -0.2) is 17.7 Å². The van der Waals surface area contributed by atoms with Crippen molar-refractivity contribution in [2.24, 2.45) is 0 Å². The number of unbranched alkanes of at least 4 members (excludes halogenated alkanes) is 19. The Morgan fingerprint density at radius 1 is 0.619 bits per heavy atom. The maximum Gasteiger partial charge on any atom is 0.313 e. The van der Waals surface area contributed by atoms with Crippen LogP contribution in [0.3, 0.4) is 0 Å². The summed E-state index contributed by atoms with van der Waals surface area (Å²) in [7, 11) is 0. The van der Waals surface area contributed by atoms with Crippen molar-refractivity contribution < 1.29 is 14.6 Å². The van der Waals surface area contributed by atoms with E-state index in [1.165, 1.54) is 116 Å². The molecule has 0 spiro atoms. The van der Waals surface area contributed by atoms with Gasteiger partial charge in [-0.1, -0.05) is 183 Å². The molecule has 42 heavy (non-hydrogen) atoms. The van der Waals surface area contributed by atoms with Gasteiger partial charge in [0.05, 0.1) is 12.5 Å². The predicted octanol–water partition coefficient (Wildman–Crippen LogP) is 12.5. The van der Waals surface area contributed by atoms with E-state index in [1.807, 2.05) is 19.1 Å². The monoisotopic (exact) mass is 587 g/mol. The molecular formula is C39H70O3. The van der Waals surface area contributed by atoms with Gasteiger partial charge in [-0.3, -0.25) is 4.79 Å². The number of rotatable bonds is 23. The predicted molar refractivity (Wildman–Crippen MR) is 183 cm³/mol. The second-order valence-corrected chi connectivity index (χ2v) is 15.1. The molecule has 1 aromatic rings. The Kier molecular flexibility index (Phi) is 19.5. The fraction of sp³-hybridized carbons (Fsp3) is 0.821. The summed E-state index contributed by atoms with van der Waals surface area (Å²) in [5.74, 6) is -0.167. The summed E-state index contributed by atoms with van der Waals surface area (Å²) in [5, 5.41) is 11.0. The number of aromatic hydroxyl groups is 1. The minimum atomic E-state index is -0.349. The van der Waals surface area contributed by atoms with Gasteiger partial charge in [0.25, 0.3) is 0 Å². The molecule has 0 aliphatic rings. The van der Waals surface area contributed by atoms with Crippen LogP contribution in [0.1, 0.15) is 206 Å². The molecule has 1 rings (SSSR count). The maximum atomic E-state index is 12.9. The Morgan fingerprint density at radius 2 is 0.929 bits per heavy atom. The van der Waals surface area contributed by atoms with Gasteiger partial charge >= 0.3 is 5.97 Å². The molecule has 0 bridgehead atoms. The second kappa shape index (κ2) is 21.2. The molecule has 0 saturated carbocycles. The van der Waals surface area contributed by atoms with E-state index in [9.17, 15) is 9.90 Å². The minimum Gasteiger partial charge on any atom is -0.507 e. The van der Waals surface area contributed by atoms with Crippen molar-refractivity contribution in [3.05, 3.63) is 28.8 Å². The lowest BCUT2D eigenvalue weighted by Gasteiger charge is -2.29. The van der Waals surface area contributed by atoms with Crippen molar-refractivity contribution in [3.8, 4) is 5.75 Å². The maximum absolute atomic E-state index is 12.9. The lowest BCUT2D eigenvalue weighted by atomic mass is 9.77. The lowest BCUT2D eigenvalue weighted by Crippen LogP contribution is -2.20. The first kappa shape index (κ1) is 38.5. The van der Waals surface area contributed by atoms with E-state index in [2.05, 4.69) is 48.5 Å². The van der Waals surface area contributed by atoms with Crippen molar-refractivity contribution in [2.45, 2.75) is 201 Å². The molecule has 0 amide bonds. The number of phenolic OH excluding ortho intramolecular Hbond substituents is 1. The molecule has 244 valence electrons. The molecule has 1 N–H and O–H groups in total. The van der Waals surface area contributed by atoms with Crippen LogP contribution < -0.4 is 0 Å². The van der Waals surface area contributed by atoms with E-state index in [4.69, 9.17) is 4.74 Å². The third-order valence-corrected chi connectivity index (χ3v) is 8.84. The normalized spacial score (nSPS) is 13.0. The summed E-state index contributed by atoms with van der Waals surface area (Å²) in [6, 6.07) is 3.99. The van der Waals surface area contributed by atoms with Gasteiger partial charge in [-0.15, -0.1) is 0 Å². The summed E-state index contributed by atoms with van der Waals surface area (Å²) in [6.07, 6.45) is 27.2. The Labute approximate surface area is 262 Å². The highest BCUT2D eigenvalue weighted by Crippen LogP contribution is 2.41. The standard InChI is InChI=1S/C39H70O3/c1-9-10-11-12-13-14-15-16-17-18-19-20-21-22-23-24-25-26-27-28-29-42-37(41)32(2)33-30-34(38(3,4)5)36(40)35(31-33)39(6,7)8/h30-32,40H,9-29H2,1-8H3. The van der Waals surface area contributed by atoms with Crippen LogP contribution in [0.15, 0.2) is 12.1 Å². The fourth-order valence-corrected chi connectivity index (χ4v) is 5.84. The Morgan fingerprint density at radius 3 is 1.24 bits per heavy atom. The smallest absolute Gasteiger partial charge is 0.313 e. The molecule has 0 aromatic heterocycles. The van der Waals surface area contributed by atoms with Crippen LogP contribution >= 0.6 is 0 Å². The van der Waals surface area contributed by atoms with E-state index in [-0.39, 0.29) is 22.7 Å². The zero-order valence-electron chi connectivity index (χ0n) is 29.3.